The Balaban J connectivity index is 2.93. The second-order valence-electron chi connectivity index (χ2n) is 3.21. The summed E-state index contributed by atoms with van der Waals surface area (Å²) in [4.78, 5) is 29.9. The van der Waals surface area contributed by atoms with E-state index in [4.69, 9.17) is 0 Å². The van der Waals surface area contributed by atoms with Gasteiger partial charge in [0, 0.05) is 13.1 Å². The lowest BCUT2D eigenvalue weighted by Crippen LogP contribution is -2.34. The Hall–Kier alpha value is -1.85. The summed E-state index contributed by atoms with van der Waals surface area (Å²) >= 11 is 0. The van der Waals surface area contributed by atoms with Crippen molar-refractivity contribution in [1.29, 1.82) is 0 Å². The highest BCUT2D eigenvalue weighted by Crippen LogP contribution is 2.02. The van der Waals surface area contributed by atoms with Crippen LogP contribution in [-0.2, 0) is 13.1 Å². The molecule has 15 heavy (non-hydrogen) atoms. The van der Waals surface area contributed by atoms with Gasteiger partial charge < -0.3 is 4.57 Å². The molecule has 0 unspecified atom stereocenters. The fourth-order valence-electron chi connectivity index (χ4n) is 1.59. The molecule has 2 aromatic heterocycles. The van der Waals surface area contributed by atoms with Crippen molar-refractivity contribution in [2.75, 3.05) is 0 Å². The van der Waals surface area contributed by atoms with Crippen molar-refractivity contribution in [3.63, 3.8) is 0 Å². The van der Waals surface area contributed by atoms with E-state index in [-0.39, 0.29) is 11.2 Å². The van der Waals surface area contributed by atoms with Crippen LogP contribution in [0.3, 0.4) is 0 Å². The summed E-state index contributed by atoms with van der Waals surface area (Å²) < 4.78 is 2.87. The Kier molecular flexibility index (Phi) is 2.18. The van der Waals surface area contributed by atoms with Gasteiger partial charge in [0.1, 0.15) is 5.65 Å². The first kappa shape index (κ1) is 9.70. The molecule has 0 radical (unpaired) electrons. The molecule has 1 N–H and O–H groups in total. The second kappa shape index (κ2) is 3.38. The summed E-state index contributed by atoms with van der Waals surface area (Å²) in [5, 5.41) is 0. The van der Waals surface area contributed by atoms with E-state index in [2.05, 4.69) is 9.97 Å². The molecule has 0 aliphatic heterocycles. The SMILES string of the molecule is CCn1c(=O)[nH]c2c(ncn2CC)c1=O. The molecule has 0 aliphatic carbocycles. The first-order chi connectivity index (χ1) is 7.19. The molecule has 0 bridgehead atoms. The van der Waals surface area contributed by atoms with Gasteiger partial charge in [0.2, 0.25) is 0 Å². The lowest BCUT2D eigenvalue weighted by molar-refractivity contribution is 0.677. The average Bonchev–Trinajstić information content (AvgIpc) is 2.61. The zero-order valence-corrected chi connectivity index (χ0v) is 8.65. The summed E-state index contributed by atoms with van der Waals surface area (Å²) in [5.41, 5.74) is 0.101. The number of H-pyrrole nitrogens is 1. The maximum absolute atomic E-state index is 11.8. The van der Waals surface area contributed by atoms with Crippen LogP contribution in [0.1, 0.15) is 13.8 Å². The van der Waals surface area contributed by atoms with Gasteiger partial charge in [-0.3, -0.25) is 14.3 Å². The molecule has 80 valence electrons. The minimum absolute atomic E-state index is 0.318. The zero-order chi connectivity index (χ0) is 11.0. The van der Waals surface area contributed by atoms with Crippen LogP contribution >= 0.6 is 0 Å². The highest BCUT2D eigenvalue weighted by Gasteiger charge is 2.10. The number of hydrogen-bond acceptors (Lipinski definition) is 3. The third-order valence-electron chi connectivity index (χ3n) is 2.41. The predicted molar refractivity (Wildman–Crippen MR) is 56.0 cm³/mol. The molecule has 2 rings (SSSR count). The van der Waals surface area contributed by atoms with Crippen LogP contribution in [-0.4, -0.2) is 19.1 Å². The molecule has 0 fully saturated rings. The van der Waals surface area contributed by atoms with E-state index in [1.54, 1.807) is 17.8 Å². The normalized spacial score (nSPS) is 11.1. The Bertz CT molecular complexity index is 605. The first-order valence-corrected chi connectivity index (χ1v) is 4.87. The van der Waals surface area contributed by atoms with Gasteiger partial charge in [0.15, 0.2) is 5.52 Å². The van der Waals surface area contributed by atoms with Gasteiger partial charge >= 0.3 is 5.69 Å². The van der Waals surface area contributed by atoms with Gasteiger partial charge in [0.05, 0.1) is 6.33 Å². The summed E-state index contributed by atoms with van der Waals surface area (Å²) in [7, 11) is 0. The van der Waals surface area contributed by atoms with Gasteiger partial charge in [-0.1, -0.05) is 0 Å². The van der Waals surface area contributed by atoms with Crippen LogP contribution in [0.4, 0.5) is 0 Å². The van der Waals surface area contributed by atoms with Crippen LogP contribution < -0.4 is 11.2 Å². The minimum Gasteiger partial charge on any atom is -0.317 e. The number of aromatic nitrogens is 4. The molecule has 0 aliphatic rings. The molecule has 0 aromatic carbocycles. The number of hydrogen-bond donors (Lipinski definition) is 1. The van der Waals surface area contributed by atoms with Crippen molar-refractivity contribution in [2.45, 2.75) is 26.9 Å². The molecule has 0 spiro atoms. The first-order valence-electron chi connectivity index (χ1n) is 4.87. The Labute approximate surface area is 85.2 Å². The molecule has 6 heteroatoms. The molecular weight excluding hydrogens is 196 g/mol. The largest absolute Gasteiger partial charge is 0.330 e. The summed E-state index contributed by atoms with van der Waals surface area (Å²) in [6, 6.07) is 0. The highest BCUT2D eigenvalue weighted by molar-refractivity contribution is 5.68. The number of aryl methyl sites for hydroxylation is 1. The topological polar surface area (TPSA) is 72.7 Å². The van der Waals surface area contributed by atoms with E-state index in [9.17, 15) is 9.59 Å². The van der Waals surface area contributed by atoms with Gasteiger partial charge in [-0.05, 0) is 13.8 Å². The lowest BCUT2D eigenvalue weighted by Gasteiger charge is -2.01. The van der Waals surface area contributed by atoms with Crippen molar-refractivity contribution >= 4 is 11.2 Å². The summed E-state index contributed by atoms with van der Waals surface area (Å²) in [6.07, 6.45) is 1.56. The quantitative estimate of drug-likeness (QED) is 0.750. The third-order valence-corrected chi connectivity index (χ3v) is 2.41. The van der Waals surface area contributed by atoms with Gasteiger partial charge in [-0.15, -0.1) is 0 Å². The van der Waals surface area contributed by atoms with E-state index < -0.39 is 0 Å². The smallest absolute Gasteiger partial charge is 0.317 e. The number of nitrogens with one attached hydrogen (secondary N) is 1. The number of imidazole rings is 1. The van der Waals surface area contributed by atoms with Gasteiger partial charge in [-0.2, -0.15) is 0 Å². The Morgan fingerprint density at radius 2 is 2.07 bits per heavy atom. The highest BCUT2D eigenvalue weighted by atomic mass is 16.2. The molecular formula is C9H12N4O2. The number of fused-ring (bicyclic) bond motifs is 1. The summed E-state index contributed by atoms with van der Waals surface area (Å²) in [5.74, 6) is 0. The standard InChI is InChI=1S/C9H12N4O2/c1-3-12-5-10-6-7(12)11-9(15)13(4-2)8(6)14/h5H,3-4H2,1-2H3,(H,11,15). The zero-order valence-electron chi connectivity index (χ0n) is 8.65. The van der Waals surface area contributed by atoms with Crippen molar-refractivity contribution in [2.24, 2.45) is 0 Å². The van der Waals surface area contributed by atoms with E-state index in [0.29, 0.717) is 24.3 Å². The minimum atomic E-state index is -0.384. The Morgan fingerprint density at radius 1 is 1.33 bits per heavy atom. The van der Waals surface area contributed by atoms with Crippen LogP contribution in [0.5, 0.6) is 0 Å². The van der Waals surface area contributed by atoms with E-state index in [1.165, 1.54) is 0 Å². The maximum Gasteiger partial charge on any atom is 0.330 e. The lowest BCUT2D eigenvalue weighted by atomic mass is 10.5. The monoisotopic (exact) mass is 208 g/mol. The van der Waals surface area contributed by atoms with Crippen molar-refractivity contribution in [1.82, 2.24) is 19.1 Å². The number of aromatic amines is 1. The molecule has 0 atom stereocenters. The van der Waals surface area contributed by atoms with E-state index in [0.717, 1.165) is 4.57 Å². The maximum atomic E-state index is 11.8. The molecule has 0 saturated carbocycles. The van der Waals surface area contributed by atoms with Crippen LogP contribution in [0.15, 0.2) is 15.9 Å². The number of nitrogens with zero attached hydrogens (tertiary/aromatic N) is 3. The number of rotatable bonds is 2. The fraction of sp³-hybridized carbons (Fsp3) is 0.444. The van der Waals surface area contributed by atoms with Gasteiger partial charge in [0.25, 0.3) is 5.56 Å². The molecule has 2 heterocycles. The predicted octanol–water partition coefficient (Wildman–Crippen LogP) is -0.0739. The van der Waals surface area contributed by atoms with Crippen molar-refractivity contribution in [3.05, 3.63) is 27.2 Å². The van der Waals surface area contributed by atoms with Gasteiger partial charge in [-0.25, -0.2) is 9.78 Å². The third kappa shape index (κ3) is 1.29. The van der Waals surface area contributed by atoms with Crippen LogP contribution in [0.25, 0.3) is 11.2 Å². The van der Waals surface area contributed by atoms with Crippen molar-refractivity contribution < 1.29 is 0 Å². The van der Waals surface area contributed by atoms with Crippen molar-refractivity contribution in [3.8, 4) is 0 Å². The van der Waals surface area contributed by atoms with Crippen LogP contribution in [0.2, 0.25) is 0 Å². The second-order valence-corrected chi connectivity index (χ2v) is 3.21. The Morgan fingerprint density at radius 3 is 2.67 bits per heavy atom. The van der Waals surface area contributed by atoms with E-state index >= 15 is 0 Å². The summed E-state index contributed by atoms with van der Waals surface area (Å²) in [6.45, 7) is 4.69. The molecule has 6 nitrogen and oxygen atoms in total. The van der Waals surface area contributed by atoms with Crippen LogP contribution in [0, 0.1) is 0 Å². The fourth-order valence-corrected chi connectivity index (χ4v) is 1.59. The molecule has 0 saturated heterocycles. The average molecular weight is 208 g/mol. The molecule has 2 aromatic rings. The van der Waals surface area contributed by atoms with E-state index in [1.807, 2.05) is 6.92 Å². The molecule has 0 amide bonds.